The normalized spacial score (nSPS) is 11.1. The quantitative estimate of drug-likeness (QED) is 0.155. The van der Waals surface area contributed by atoms with Crippen LogP contribution in [-0.2, 0) is 0 Å². The Morgan fingerprint density at radius 3 is 1.20 bits per heavy atom. The molecule has 0 aliphatic heterocycles. The van der Waals surface area contributed by atoms with Gasteiger partial charge < -0.3 is 19.7 Å². The summed E-state index contributed by atoms with van der Waals surface area (Å²) in [5.41, 5.74) is 9.97. The number of nitrogens with zero attached hydrogens (tertiary/aromatic N) is 2. The molecular formula is C50H34N2O4. The van der Waals surface area contributed by atoms with E-state index in [2.05, 4.69) is 77.7 Å². The molecule has 2 N–H and O–H groups in total. The average Bonchev–Trinajstić information content (AvgIpc) is 3.59. The number of carbonyl (C=O) groups is 2. The maximum atomic E-state index is 13.0. The summed E-state index contributed by atoms with van der Waals surface area (Å²) in [5.74, 6) is -2.30. The van der Waals surface area contributed by atoms with Crippen molar-refractivity contribution in [3.05, 3.63) is 205 Å². The van der Waals surface area contributed by atoms with E-state index in [1.54, 1.807) is 0 Å². The Bertz CT molecular complexity index is 2750. The number of para-hydroxylation sites is 2. The number of carboxylic acid groups (broad SMARTS) is 2. The number of fused-ring (bicyclic) bond motifs is 3. The summed E-state index contributed by atoms with van der Waals surface area (Å²) in [4.78, 5) is 28.1. The highest BCUT2D eigenvalue weighted by Gasteiger charge is 2.24. The van der Waals surface area contributed by atoms with Crippen molar-refractivity contribution in [2.24, 2.45) is 0 Å². The molecular weight excluding hydrogens is 693 g/mol. The van der Waals surface area contributed by atoms with Gasteiger partial charge in [-0.25, -0.2) is 9.59 Å². The number of hydrogen-bond donors (Lipinski definition) is 2. The molecule has 0 radical (unpaired) electrons. The lowest BCUT2D eigenvalue weighted by Crippen LogP contribution is -2.11. The predicted octanol–water partition coefficient (Wildman–Crippen LogP) is 12.7. The first-order valence-corrected chi connectivity index (χ1v) is 18.3. The Hall–Kier alpha value is -7.70. The Balaban J connectivity index is 1.15. The SMILES string of the molecule is O=C(O)c1cc(-n2c3ccccc3c3ccccc32)c(C(=O)O)cc1-c1ccc(N(c2ccc(-c3ccccc3)cc2)c2ccc(-c3ccccc3)cc2)cc1. The summed E-state index contributed by atoms with van der Waals surface area (Å²) in [6, 6.07) is 63.3. The second kappa shape index (κ2) is 14.3. The van der Waals surface area contributed by atoms with E-state index in [1.807, 2.05) is 114 Å². The van der Waals surface area contributed by atoms with Crippen LogP contribution in [0.4, 0.5) is 17.1 Å². The molecule has 0 fully saturated rings. The van der Waals surface area contributed by atoms with Crippen molar-refractivity contribution < 1.29 is 19.8 Å². The third-order valence-corrected chi connectivity index (χ3v) is 10.3. The number of rotatable bonds is 9. The number of anilines is 3. The van der Waals surface area contributed by atoms with Crippen molar-refractivity contribution >= 4 is 50.8 Å². The minimum absolute atomic E-state index is 0.000721. The zero-order valence-corrected chi connectivity index (χ0v) is 30.1. The Morgan fingerprint density at radius 2 is 0.768 bits per heavy atom. The molecule has 0 aliphatic rings. The number of aromatic nitrogens is 1. The highest BCUT2D eigenvalue weighted by molar-refractivity contribution is 6.11. The maximum Gasteiger partial charge on any atom is 0.337 e. The minimum Gasteiger partial charge on any atom is -0.478 e. The van der Waals surface area contributed by atoms with Gasteiger partial charge in [0, 0.05) is 27.8 Å². The average molecular weight is 727 g/mol. The van der Waals surface area contributed by atoms with Crippen molar-refractivity contribution in [1.82, 2.24) is 4.57 Å². The van der Waals surface area contributed by atoms with E-state index in [-0.39, 0.29) is 16.8 Å². The summed E-state index contributed by atoms with van der Waals surface area (Å²) in [7, 11) is 0. The molecule has 268 valence electrons. The second-order valence-electron chi connectivity index (χ2n) is 13.6. The van der Waals surface area contributed by atoms with Gasteiger partial charge in [0.25, 0.3) is 0 Å². The standard InChI is InChI=1S/C50H34N2O4/c53-49(54)44-32-48(52-46-17-9-7-15-41(46)42-16-8-10-18-47(42)52)45(50(55)56)31-43(44)37-23-29-40(30-24-37)51(38-25-19-35(20-26-38)33-11-3-1-4-12-33)39-27-21-36(22-28-39)34-13-5-2-6-14-34/h1-32H,(H,53,54)(H,55,56). The fraction of sp³-hybridized carbons (Fsp3) is 0. The van der Waals surface area contributed by atoms with E-state index in [0.29, 0.717) is 11.1 Å². The zero-order chi connectivity index (χ0) is 38.2. The number of benzene rings is 8. The van der Waals surface area contributed by atoms with Crippen LogP contribution in [0.3, 0.4) is 0 Å². The first-order valence-electron chi connectivity index (χ1n) is 18.3. The monoisotopic (exact) mass is 726 g/mol. The highest BCUT2D eigenvalue weighted by Crippen LogP contribution is 2.40. The first-order chi connectivity index (χ1) is 27.4. The van der Waals surface area contributed by atoms with E-state index >= 15 is 0 Å². The summed E-state index contributed by atoms with van der Waals surface area (Å²) in [6.45, 7) is 0. The minimum atomic E-state index is -1.15. The van der Waals surface area contributed by atoms with Crippen molar-refractivity contribution in [3.63, 3.8) is 0 Å². The maximum absolute atomic E-state index is 13.0. The van der Waals surface area contributed by atoms with Gasteiger partial charge in [-0.3, -0.25) is 0 Å². The van der Waals surface area contributed by atoms with Crippen LogP contribution < -0.4 is 4.90 Å². The van der Waals surface area contributed by atoms with Gasteiger partial charge in [-0.1, -0.05) is 133 Å². The molecule has 56 heavy (non-hydrogen) atoms. The number of hydrogen-bond acceptors (Lipinski definition) is 3. The molecule has 0 amide bonds. The van der Waals surface area contributed by atoms with Crippen LogP contribution >= 0.6 is 0 Å². The topological polar surface area (TPSA) is 82.8 Å². The smallest absolute Gasteiger partial charge is 0.337 e. The van der Waals surface area contributed by atoms with E-state index in [9.17, 15) is 19.8 Å². The van der Waals surface area contributed by atoms with Crippen LogP contribution in [-0.4, -0.2) is 26.7 Å². The van der Waals surface area contributed by atoms with E-state index in [4.69, 9.17) is 0 Å². The van der Waals surface area contributed by atoms with Crippen molar-refractivity contribution in [2.75, 3.05) is 4.90 Å². The molecule has 8 aromatic carbocycles. The van der Waals surface area contributed by atoms with Gasteiger partial charge in [0.15, 0.2) is 0 Å². The van der Waals surface area contributed by atoms with Gasteiger partial charge in [0.1, 0.15) is 0 Å². The van der Waals surface area contributed by atoms with Crippen LogP contribution in [0.1, 0.15) is 20.7 Å². The van der Waals surface area contributed by atoms with Gasteiger partial charge in [-0.15, -0.1) is 0 Å². The first kappa shape index (κ1) is 34.1. The summed E-state index contributed by atoms with van der Waals surface area (Å²) < 4.78 is 1.84. The van der Waals surface area contributed by atoms with E-state index < -0.39 is 11.9 Å². The summed E-state index contributed by atoms with van der Waals surface area (Å²) >= 11 is 0. The Kier molecular flexibility index (Phi) is 8.69. The van der Waals surface area contributed by atoms with Crippen LogP contribution in [0.2, 0.25) is 0 Å². The molecule has 6 nitrogen and oxygen atoms in total. The Morgan fingerprint density at radius 1 is 0.393 bits per heavy atom. The highest BCUT2D eigenvalue weighted by atomic mass is 16.4. The van der Waals surface area contributed by atoms with Gasteiger partial charge in [-0.05, 0) is 94.0 Å². The van der Waals surface area contributed by atoms with Gasteiger partial charge >= 0.3 is 11.9 Å². The second-order valence-corrected chi connectivity index (χ2v) is 13.6. The molecule has 1 aromatic heterocycles. The lowest BCUT2D eigenvalue weighted by molar-refractivity contribution is 0.0682. The van der Waals surface area contributed by atoms with Gasteiger partial charge in [-0.2, -0.15) is 0 Å². The molecule has 0 unspecified atom stereocenters. The lowest BCUT2D eigenvalue weighted by Gasteiger charge is -2.26. The summed E-state index contributed by atoms with van der Waals surface area (Å²) in [6.07, 6.45) is 0. The van der Waals surface area contributed by atoms with Crippen LogP contribution in [0.25, 0.3) is 60.9 Å². The fourth-order valence-corrected chi connectivity index (χ4v) is 7.65. The van der Waals surface area contributed by atoms with Crippen molar-refractivity contribution in [3.8, 4) is 39.1 Å². The molecule has 0 saturated carbocycles. The Labute approximate surface area is 323 Å². The van der Waals surface area contributed by atoms with Crippen LogP contribution in [0.15, 0.2) is 194 Å². The van der Waals surface area contributed by atoms with Crippen molar-refractivity contribution in [1.29, 1.82) is 0 Å². The van der Waals surface area contributed by atoms with E-state index in [1.165, 1.54) is 12.1 Å². The fourth-order valence-electron chi connectivity index (χ4n) is 7.65. The third kappa shape index (κ3) is 6.15. The molecule has 9 aromatic rings. The van der Waals surface area contributed by atoms with Gasteiger partial charge in [0.05, 0.1) is 27.8 Å². The molecule has 6 heteroatoms. The molecule has 9 rings (SSSR count). The number of carboxylic acids is 2. The van der Waals surface area contributed by atoms with Crippen LogP contribution in [0.5, 0.6) is 0 Å². The van der Waals surface area contributed by atoms with Gasteiger partial charge in [0.2, 0.25) is 0 Å². The van der Waals surface area contributed by atoms with Crippen molar-refractivity contribution in [2.45, 2.75) is 0 Å². The summed E-state index contributed by atoms with van der Waals surface area (Å²) in [5, 5.41) is 23.1. The molecule has 1 heterocycles. The van der Waals surface area contributed by atoms with Crippen LogP contribution in [0, 0.1) is 0 Å². The molecule has 0 spiro atoms. The third-order valence-electron chi connectivity index (χ3n) is 10.3. The van der Waals surface area contributed by atoms with E-state index in [0.717, 1.165) is 61.1 Å². The predicted molar refractivity (Wildman–Crippen MR) is 226 cm³/mol. The lowest BCUT2D eigenvalue weighted by atomic mass is 9.95. The number of aromatic carboxylic acids is 2. The zero-order valence-electron chi connectivity index (χ0n) is 30.1. The largest absolute Gasteiger partial charge is 0.478 e. The molecule has 0 atom stereocenters. The molecule has 0 saturated heterocycles. The molecule has 0 aliphatic carbocycles. The molecule has 0 bridgehead atoms.